The Kier molecular flexibility index (Phi) is 5.95. The van der Waals surface area contributed by atoms with E-state index in [2.05, 4.69) is 5.32 Å². The molecule has 1 aliphatic rings. The van der Waals surface area contributed by atoms with E-state index in [9.17, 15) is 14.7 Å². The molecule has 2 unspecified atom stereocenters. The summed E-state index contributed by atoms with van der Waals surface area (Å²) in [6.07, 6.45) is 1.21. The molecule has 1 aliphatic heterocycles. The van der Waals surface area contributed by atoms with Crippen LogP contribution in [0.4, 0.5) is 0 Å². The number of nitrogens with zero attached hydrogens (tertiary/aromatic N) is 1. The molecule has 0 spiro atoms. The van der Waals surface area contributed by atoms with Crippen LogP contribution in [0.1, 0.15) is 33.6 Å². The number of likely N-dealkylation sites (tertiary alicyclic amines) is 1. The third kappa shape index (κ3) is 5.46. The van der Waals surface area contributed by atoms with Crippen LogP contribution in [0.3, 0.4) is 0 Å². The van der Waals surface area contributed by atoms with Gasteiger partial charge in [-0.25, -0.2) is 4.79 Å². The van der Waals surface area contributed by atoms with Crippen LogP contribution in [0.5, 0.6) is 0 Å². The Balaban J connectivity index is 2.48. The number of hydrogen-bond acceptors (Lipinski definition) is 5. The molecule has 2 N–H and O–H groups in total. The van der Waals surface area contributed by atoms with Crippen LogP contribution in [0.15, 0.2) is 0 Å². The van der Waals surface area contributed by atoms with E-state index in [1.165, 1.54) is 7.11 Å². The molecule has 6 nitrogen and oxygen atoms in total. The van der Waals surface area contributed by atoms with Crippen molar-refractivity contribution in [3.05, 3.63) is 0 Å². The minimum absolute atomic E-state index is 0.196. The number of ether oxygens (including phenoxy) is 1. The van der Waals surface area contributed by atoms with Crippen molar-refractivity contribution in [1.29, 1.82) is 0 Å². The zero-order valence-corrected chi connectivity index (χ0v) is 12.8. The summed E-state index contributed by atoms with van der Waals surface area (Å²) in [5, 5.41) is 12.6. The zero-order valence-electron chi connectivity index (χ0n) is 12.8. The fourth-order valence-corrected chi connectivity index (χ4v) is 2.44. The Bertz CT molecular complexity index is 355. The molecule has 1 heterocycles. The molecular formula is C14H26N2O4. The van der Waals surface area contributed by atoms with E-state index in [-0.39, 0.29) is 18.4 Å². The van der Waals surface area contributed by atoms with E-state index in [4.69, 9.17) is 4.74 Å². The highest BCUT2D eigenvalue weighted by molar-refractivity contribution is 5.85. The molecule has 6 heteroatoms. The average molecular weight is 286 g/mol. The van der Waals surface area contributed by atoms with Crippen molar-refractivity contribution < 1.29 is 19.4 Å². The van der Waals surface area contributed by atoms with Gasteiger partial charge in [-0.3, -0.25) is 9.69 Å². The van der Waals surface area contributed by atoms with Crippen molar-refractivity contribution in [2.75, 3.05) is 26.7 Å². The largest absolute Gasteiger partial charge is 0.467 e. The van der Waals surface area contributed by atoms with Gasteiger partial charge in [0, 0.05) is 13.1 Å². The Labute approximate surface area is 120 Å². The van der Waals surface area contributed by atoms with E-state index in [0.717, 1.165) is 0 Å². The van der Waals surface area contributed by atoms with Crippen LogP contribution in [0.2, 0.25) is 0 Å². The number of β-amino-alcohol motifs (C(OH)–C–C–N with tert-alkyl or cyclic N) is 1. The van der Waals surface area contributed by atoms with Crippen LogP contribution in [-0.4, -0.2) is 60.3 Å². The Hall–Kier alpha value is -1.14. The normalized spacial score (nSPS) is 24.7. The summed E-state index contributed by atoms with van der Waals surface area (Å²) in [6, 6.07) is -0.601. The predicted molar refractivity (Wildman–Crippen MR) is 75.1 cm³/mol. The summed E-state index contributed by atoms with van der Waals surface area (Å²) in [5.74, 6) is -0.342. The average Bonchev–Trinajstić information content (AvgIpc) is 2.66. The van der Waals surface area contributed by atoms with Gasteiger partial charge in [0.15, 0.2) is 0 Å². The van der Waals surface area contributed by atoms with Crippen LogP contribution in [0, 0.1) is 5.92 Å². The van der Waals surface area contributed by atoms with Gasteiger partial charge in [-0.2, -0.15) is 0 Å². The predicted octanol–water partition coefficient (Wildman–Crippen LogP) is 0.147. The lowest BCUT2D eigenvalue weighted by Crippen LogP contribution is -2.46. The number of esters is 1. The molecule has 0 saturated carbocycles. The SMILES string of the molecule is COC(=O)C(CC(C)C)NC(=O)CN1CCC(C)(O)C1. The minimum atomic E-state index is -0.722. The smallest absolute Gasteiger partial charge is 0.328 e. The number of amides is 1. The van der Waals surface area contributed by atoms with Gasteiger partial charge in [-0.1, -0.05) is 13.8 Å². The van der Waals surface area contributed by atoms with Crippen molar-refractivity contribution >= 4 is 11.9 Å². The molecule has 1 fully saturated rings. The van der Waals surface area contributed by atoms with Crippen molar-refractivity contribution in [3.8, 4) is 0 Å². The lowest BCUT2D eigenvalue weighted by atomic mass is 10.0. The third-order valence-corrected chi connectivity index (χ3v) is 3.43. The molecule has 1 saturated heterocycles. The molecule has 0 radical (unpaired) electrons. The third-order valence-electron chi connectivity index (χ3n) is 3.43. The molecule has 0 aliphatic carbocycles. The van der Waals surface area contributed by atoms with Gasteiger partial charge in [0.1, 0.15) is 6.04 Å². The summed E-state index contributed by atoms with van der Waals surface area (Å²) >= 11 is 0. The molecule has 0 bridgehead atoms. The summed E-state index contributed by atoms with van der Waals surface area (Å²) < 4.78 is 4.71. The topological polar surface area (TPSA) is 78.9 Å². The van der Waals surface area contributed by atoms with Crippen molar-refractivity contribution in [3.63, 3.8) is 0 Å². The molecule has 0 aromatic heterocycles. The monoisotopic (exact) mass is 286 g/mol. The first kappa shape index (κ1) is 16.9. The molecule has 0 aromatic rings. The molecule has 20 heavy (non-hydrogen) atoms. The Morgan fingerprint density at radius 1 is 1.45 bits per heavy atom. The van der Waals surface area contributed by atoms with Gasteiger partial charge < -0.3 is 15.2 Å². The number of carbonyl (C=O) groups is 2. The van der Waals surface area contributed by atoms with Gasteiger partial charge >= 0.3 is 5.97 Å². The second-order valence-electron chi connectivity index (χ2n) is 6.23. The zero-order chi connectivity index (χ0) is 15.3. The quantitative estimate of drug-likeness (QED) is 0.679. The number of rotatable bonds is 6. The number of hydrogen-bond donors (Lipinski definition) is 2. The second-order valence-corrected chi connectivity index (χ2v) is 6.23. The highest BCUT2D eigenvalue weighted by Crippen LogP contribution is 2.19. The number of nitrogens with one attached hydrogen (secondary N) is 1. The summed E-state index contributed by atoms with van der Waals surface area (Å²) in [6.45, 7) is 7.10. The van der Waals surface area contributed by atoms with E-state index >= 15 is 0 Å². The van der Waals surface area contributed by atoms with Crippen LogP contribution in [0.25, 0.3) is 0 Å². The standard InChI is InChI=1S/C14H26N2O4/c1-10(2)7-11(13(18)20-4)15-12(17)8-16-6-5-14(3,19)9-16/h10-11,19H,5-9H2,1-4H3,(H,15,17). The fourth-order valence-electron chi connectivity index (χ4n) is 2.44. The molecular weight excluding hydrogens is 260 g/mol. The maximum absolute atomic E-state index is 12.0. The molecule has 0 aromatic carbocycles. The molecule has 2 atom stereocenters. The van der Waals surface area contributed by atoms with Crippen LogP contribution < -0.4 is 5.32 Å². The maximum Gasteiger partial charge on any atom is 0.328 e. The summed E-state index contributed by atoms with van der Waals surface area (Å²) in [4.78, 5) is 25.5. The molecule has 1 rings (SSSR count). The lowest BCUT2D eigenvalue weighted by Gasteiger charge is -2.21. The number of aliphatic hydroxyl groups is 1. The van der Waals surface area contributed by atoms with Crippen molar-refractivity contribution in [2.45, 2.75) is 45.3 Å². The van der Waals surface area contributed by atoms with Gasteiger partial charge in [-0.15, -0.1) is 0 Å². The first-order valence-electron chi connectivity index (χ1n) is 7.05. The highest BCUT2D eigenvalue weighted by atomic mass is 16.5. The fraction of sp³-hybridized carbons (Fsp3) is 0.857. The highest BCUT2D eigenvalue weighted by Gasteiger charge is 2.32. The van der Waals surface area contributed by atoms with Gasteiger partial charge in [0.2, 0.25) is 5.91 Å². The van der Waals surface area contributed by atoms with E-state index in [0.29, 0.717) is 25.9 Å². The summed E-state index contributed by atoms with van der Waals surface area (Å²) in [5.41, 5.74) is -0.722. The minimum Gasteiger partial charge on any atom is -0.467 e. The van der Waals surface area contributed by atoms with Crippen LogP contribution in [-0.2, 0) is 14.3 Å². The first-order valence-corrected chi connectivity index (χ1v) is 7.05. The van der Waals surface area contributed by atoms with Gasteiger partial charge in [0.05, 0.1) is 19.3 Å². The molecule has 1 amide bonds. The van der Waals surface area contributed by atoms with E-state index < -0.39 is 17.6 Å². The first-order chi connectivity index (χ1) is 9.23. The number of methoxy groups -OCH3 is 1. The molecule has 116 valence electrons. The van der Waals surface area contributed by atoms with Crippen LogP contribution >= 0.6 is 0 Å². The van der Waals surface area contributed by atoms with E-state index in [1.807, 2.05) is 18.7 Å². The van der Waals surface area contributed by atoms with E-state index in [1.54, 1.807) is 6.92 Å². The Morgan fingerprint density at radius 3 is 2.55 bits per heavy atom. The van der Waals surface area contributed by atoms with Gasteiger partial charge in [-0.05, 0) is 25.7 Å². The summed E-state index contributed by atoms with van der Waals surface area (Å²) in [7, 11) is 1.32. The lowest BCUT2D eigenvalue weighted by molar-refractivity contribution is -0.145. The number of carbonyl (C=O) groups excluding carboxylic acids is 2. The van der Waals surface area contributed by atoms with Gasteiger partial charge in [0.25, 0.3) is 0 Å². The maximum atomic E-state index is 12.0. The van der Waals surface area contributed by atoms with Crippen molar-refractivity contribution in [1.82, 2.24) is 10.2 Å². The van der Waals surface area contributed by atoms with Crippen molar-refractivity contribution in [2.24, 2.45) is 5.92 Å². The second kappa shape index (κ2) is 7.04. The Morgan fingerprint density at radius 2 is 2.10 bits per heavy atom.